The van der Waals surface area contributed by atoms with Gasteiger partial charge in [-0.1, -0.05) is 23.8 Å². The van der Waals surface area contributed by atoms with Crippen LogP contribution in [0.25, 0.3) is 11.3 Å². The summed E-state index contributed by atoms with van der Waals surface area (Å²) in [6.45, 7) is 4.14. The van der Waals surface area contributed by atoms with E-state index in [1.807, 2.05) is 6.07 Å². The zero-order chi connectivity index (χ0) is 10.8. The smallest absolute Gasteiger partial charge is 0.133 e. The fourth-order valence-electron chi connectivity index (χ4n) is 1.65. The lowest BCUT2D eigenvalue weighted by atomic mass is 10.0. The van der Waals surface area contributed by atoms with Crippen molar-refractivity contribution in [2.24, 2.45) is 0 Å². The van der Waals surface area contributed by atoms with Crippen LogP contribution in [0.15, 0.2) is 36.5 Å². The van der Waals surface area contributed by atoms with E-state index in [2.05, 4.69) is 37.0 Å². The molecule has 0 unspecified atom stereocenters. The first-order valence-corrected chi connectivity index (χ1v) is 4.89. The van der Waals surface area contributed by atoms with E-state index in [9.17, 15) is 0 Å². The molecule has 2 rings (SSSR count). The highest BCUT2D eigenvalue weighted by molar-refractivity contribution is 5.64. The molecule has 2 heteroatoms. The van der Waals surface area contributed by atoms with E-state index in [0.717, 1.165) is 11.3 Å². The van der Waals surface area contributed by atoms with Crippen molar-refractivity contribution in [3.63, 3.8) is 0 Å². The number of aryl methyl sites for hydroxylation is 2. The number of rotatable bonds is 1. The molecule has 2 aromatic rings. The fourth-order valence-corrected chi connectivity index (χ4v) is 1.65. The van der Waals surface area contributed by atoms with Crippen LogP contribution in [0, 0.1) is 13.8 Å². The Morgan fingerprint density at radius 2 is 1.87 bits per heavy atom. The van der Waals surface area contributed by atoms with Crippen molar-refractivity contribution in [1.82, 2.24) is 4.98 Å². The summed E-state index contributed by atoms with van der Waals surface area (Å²) < 4.78 is 0. The maximum Gasteiger partial charge on any atom is 0.133 e. The summed E-state index contributed by atoms with van der Waals surface area (Å²) in [6.07, 6.45) is 1.47. The summed E-state index contributed by atoms with van der Waals surface area (Å²) in [5.74, 6) is 0.198. The first kappa shape index (κ1) is 9.71. The summed E-state index contributed by atoms with van der Waals surface area (Å²) in [4.78, 5) is 4.19. The third-order valence-electron chi connectivity index (χ3n) is 2.41. The van der Waals surface area contributed by atoms with Crippen molar-refractivity contribution in [3.05, 3.63) is 47.7 Å². The predicted octanol–water partition coefficient (Wildman–Crippen LogP) is 3.07. The number of nitrogens with zero attached hydrogens (tertiary/aromatic N) is 1. The molecule has 0 aliphatic carbocycles. The molecule has 1 aromatic carbocycles. The van der Waals surface area contributed by atoms with Gasteiger partial charge in [-0.25, -0.2) is 0 Å². The maximum absolute atomic E-state index is 9.15. The van der Waals surface area contributed by atoms with Gasteiger partial charge in [-0.2, -0.15) is 0 Å². The van der Waals surface area contributed by atoms with Crippen LogP contribution in [-0.4, -0.2) is 10.1 Å². The molecule has 0 radical (unpaired) electrons. The van der Waals surface area contributed by atoms with Crippen molar-refractivity contribution in [1.29, 1.82) is 0 Å². The molecular formula is C13H13NO. The standard InChI is InChI=1S/C13H13NO/c1-9-3-5-12(10(2)7-9)13-6-4-11(15)8-14-13/h3-8,15H,1-2H3. The summed E-state index contributed by atoms with van der Waals surface area (Å²) in [5, 5.41) is 9.15. The molecule has 0 aliphatic rings. The van der Waals surface area contributed by atoms with Crippen LogP contribution in [-0.2, 0) is 0 Å². The topological polar surface area (TPSA) is 33.1 Å². The molecule has 76 valence electrons. The Hall–Kier alpha value is -1.83. The van der Waals surface area contributed by atoms with Crippen LogP contribution in [0.1, 0.15) is 11.1 Å². The lowest BCUT2D eigenvalue weighted by molar-refractivity contribution is 0.473. The molecule has 15 heavy (non-hydrogen) atoms. The largest absolute Gasteiger partial charge is 0.506 e. The van der Waals surface area contributed by atoms with Gasteiger partial charge in [0.2, 0.25) is 0 Å². The van der Waals surface area contributed by atoms with E-state index in [1.165, 1.54) is 17.3 Å². The highest BCUT2D eigenvalue weighted by Gasteiger charge is 2.02. The van der Waals surface area contributed by atoms with Crippen molar-refractivity contribution >= 4 is 0 Å². The quantitative estimate of drug-likeness (QED) is 0.765. The van der Waals surface area contributed by atoms with Gasteiger partial charge in [-0.15, -0.1) is 0 Å². The lowest BCUT2D eigenvalue weighted by Crippen LogP contribution is -1.87. The lowest BCUT2D eigenvalue weighted by Gasteiger charge is -2.05. The van der Waals surface area contributed by atoms with E-state index in [1.54, 1.807) is 6.07 Å². The van der Waals surface area contributed by atoms with Gasteiger partial charge in [0.05, 0.1) is 11.9 Å². The van der Waals surface area contributed by atoms with E-state index in [-0.39, 0.29) is 5.75 Å². The minimum atomic E-state index is 0.198. The Bertz CT molecular complexity index is 474. The van der Waals surface area contributed by atoms with Crippen molar-refractivity contribution < 1.29 is 5.11 Å². The number of hydrogen-bond acceptors (Lipinski definition) is 2. The molecule has 1 heterocycles. The predicted molar refractivity (Wildman–Crippen MR) is 60.8 cm³/mol. The van der Waals surface area contributed by atoms with Crippen LogP contribution in [0.4, 0.5) is 0 Å². The molecular weight excluding hydrogens is 186 g/mol. The van der Waals surface area contributed by atoms with Crippen LogP contribution in [0.5, 0.6) is 5.75 Å². The first-order valence-electron chi connectivity index (χ1n) is 4.89. The monoisotopic (exact) mass is 199 g/mol. The Morgan fingerprint density at radius 1 is 1.07 bits per heavy atom. The zero-order valence-corrected chi connectivity index (χ0v) is 8.86. The summed E-state index contributed by atoms with van der Waals surface area (Å²) in [5.41, 5.74) is 4.45. The van der Waals surface area contributed by atoms with Crippen molar-refractivity contribution in [2.45, 2.75) is 13.8 Å². The number of aromatic hydroxyl groups is 1. The zero-order valence-electron chi connectivity index (χ0n) is 8.86. The first-order chi connectivity index (χ1) is 7.16. The van der Waals surface area contributed by atoms with Gasteiger partial charge in [0, 0.05) is 5.56 Å². The van der Waals surface area contributed by atoms with Crippen LogP contribution in [0.3, 0.4) is 0 Å². The van der Waals surface area contributed by atoms with Crippen LogP contribution < -0.4 is 0 Å². The molecule has 2 nitrogen and oxygen atoms in total. The van der Waals surface area contributed by atoms with Gasteiger partial charge in [0.1, 0.15) is 5.75 Å². The Morgan fingerprint density at radius 3 is 2.47 bits per heavy atom. The second-order valence-corrected chi connectivity index (χ2v) is 3.72. The molecule has 1 aromatic heterocycles. The Kier molecular flexibility index (Phi) is 2.42. The van der Waals surface area contributed by atoms with Crippen LogP contribution >= 0.6 is 0 Å². The average molecular weight is 199 g/mol. The Balaban J connectivity index is 2.49. The molecule has 0 bridgehead atoms. The minimum absolute atomic E-state index is 0.198. The van der Waals surface area contributed by atoms with Crippen molar-refractivity contribution in [2.75, 3.05) is 0 Å². The summed E-state index contributed by atoms with van der Waals surface area (Å²) in [7, 11) is 0. The number of benzene rings is 1. The van der Waals surface area contributed by atoms with Gasteiger partial charge in [0.25, 0.3) is 0 Å². The molecule has 0 spiro atoms. The molecule has 0 saturated carbocycles. The maximum atomic E-state index is 9.15. The van der Waals surface area contributed by atoms with E-state index >= 15 is 0 Å². The summed E-state index contributed by atoms with van der Waals surface area (Å²) in [6, 6.07) is 9.74. The number of aromatic nitrogens is 1. The molecule has 0 amide bonds. The van der Waals surface area contributed by atoms with Crippen LogP contribution in [0.2, 0.25) is 0 Å². The molecule has 1 N–H and O–H groups in total. The molecule has 0 fully saturated rings. The minimum Gasteiger partial charge on any atom is -0.506 e. The number of hydrogen-bond donors (Lipinski definition) is 1. The van der Waals surface area contributed by atoms with Gasteiger partial charge >= 0.3 is 0 Å². The molecule has 0 aliphatic heterocycles. The highest BCUT2D eigenvalue weighted by Crippen LogP contribution is 2.23. The number of pyridine rings is 1. The van der Waals surface area contributed by atoms with Gasteiger partial charge in [0.15, 0.2) is 0 Å². The summed E-state index contributed by atoms with van der Waals surface area (Å²) >= 11 is 0. The van der Waals surface area contributed by atoms with E-state index in [0.29, 0.717) is 0 Å². The second-order valence-electron chi connectivity index (χ2n) is 3.72. The molecule has 0 atom stereocenters. The normalized spacial score (nSPS) is 10.3. The highest BCUT2D eigenvalue weighted by atomic mass is 16.3. The fraction of sp³-hybridized carbons (Fsp3) is 0.154. The second kappa shape index (κ2) is 3.73. The third kappa shape index (κ3) is 1.99. The van der Waals surface area contributed by atoms with Crippen molar-refractivity contribution in [3.8, 4) is 17.0 Å². The van der Waals surface area contributed by atoms with Gasteiger partial charge in [-0.05, 0) is 31.5 Å². The van der Waals surface area contributed by atoms with Gasteiger partial charge in [-0.3, -0.25) is 4.98 Å². The molecule has 0 saturated heterocycles. The SMILES string of the molecule is Cc1ccc(-c2ccc(O)cn2)c(C)c1. The van der Waals surface area contributed by atoms with Gasteiger partial charge < -0.3 is 5.11 Å². The third-order valence-corrected chi connectivity index (χ3v) is 2.41. The van der Waals surface area contributed by atoms with E-state index in [4.69, 9.17) is 5.11 Å². The van der Waals surface area contributed by atoms with E-state index < -0.39 is 0 Å². The Labute approximate surface area is 89.2 Å². The average Bonchev–Trinajstić information content (AvgIpc) is 2.20.